The Hall–Kier alpha value is -1.22. The van der Waals surface area contributed by atoms with Crippen molar-refractivity contribution in [2.75, 3.05) is 32.0 Å². The van der Waals surface area contributed by atoms with Crippen LogP contribution in [0.3, 0.4) is 0 Å². The number of hydrogen-bond donors (Lipinski definition) is 1. The Morgan fingerprint density at radius 2 is 2.25 bits per heavy atom. The summed E-state index contributed by atoms with van der Waals surface area (Å²) in [4.78, 5) is 2.52. The van der Waals surface area contributed by atoms with Crippen LogP contribution < -0.4 is 10.5 Å². The summed E-state index contributed by atoms with van der Waals surface area (Å²) in [5.74, 6) is 1.63. The summed E-state index contributed by atoms with van der Waals surface area (Å²) in [5.41, 5.74) is 7.91. The van der Waals surface area contributed by atoms with Crippen LogP contribution in [0.15, 0.2) is 18.2 Å². The van der Waals surface area contributed by atoms with Gasteiger partial charge in [-0.3, -0.25) is 0 Å². The number of nitrogens with zero attached hydrogens (tertiary/aromatic N) is 1. The minimum absolute atomic E-state index is 0.629. The first kappa shape index (κ1) is 9.97. The van der Waals surface area contributed by atoms with Gasteiger partial charge in [-0.15, -0.1) is 0 Å². The zero-order valence-electron chi connectivity index (χ0n) is 9.48. The molecule has 3 nitrogen and oxygen atoms in total. The van der Waals surface area contributed by atoms with E-state index in [-0.39, 0.29) is 0 Å². The van der Waals surface area contributed by atoms with Crippen LogP contribution in [0.5, 0.6) is 5.75 Å². The van der Waals surface area contributed by atoms with Crippen molar-refractivity contribution in [2.45, 2.75) is 18.8 Å². The number of likely N-dealkylation sites (tertiary alicyclic amines) is 1. The Labute approximate surface area is 96.2 Å². The second kappa shape index (κ2) is 3.98. The van der Waals surface area contributed by atoms with Crippen LogP contribution in [-0.4, -0.2) is 31.1 Å². The van der Waals surface area contributed by atoms with Gasteiger partial charge >= 0.3 is 0 Å². The third kappa shape index (κ3) is 1.76. The van der Waals surface area contributed by atoms with E-state index in [1.54, 1.807) is 0 Å². The van der Waals surface area contributed by atoms with E-state index in [9.17, 15) is 0 Å². The number of benzene rings is 1. The van der Waals surface area contributed by atoms with Crippen LogP contribution in [-0.2, 0) is 0 Å². The monoisotopic (exact) mass is 218 g/mol. The molecule has 1 saturated heterocycles. The fraction of sp³-hybridized carbons (Fsp3) is 0.538. The van der Waals surface area contributed by atoms with Gasteiger partial charge in [0.15, 0.2) is 0 Å². The Bertz CT molecular complexity index is 388. The molecule has 16 heavy (non-hydrogen) atoms. The summed E-state index contributed by atoms with van der Waals surface area (Å²) in [6.07, 6.45) is 2.49. The maximum absolute atomic E-state index is 5.78. The fourth-order valence-electron chi connectivity index (χ4n) is 2.55. The lowest BCUT2D eigenvalue weighted by Gasteiger charge is -2.36. The molecule has 0 spiro atoms. The SMILES string of the molecule is Nc1ccc2c(c1)OCCC2CN1CCC1. The van der Waals surface area contributed by atoms with Crippen molar-refractivity contribution in [1.82, 2.24) is 4.90 Å². The quantitative estimate of drug-likeness (QED) is 0.770. The Morgan fingerprint density at radius 3 is 3.00 bits per heavy atom. The van der Waals surface area contributed by atoms with E-state index in [0.717, 1.165) is 24.5 Å². The van der Waals surface area contributed by atoms with Gasteiger partial charge in [0.2, 0.25) is 0 Å². The normalized spacial score (nSPS) is 24.4. The molecular weight excluding hydrogens is 200 g/mol. The van der Waals surface area contributed by atoms with E-state index in [1.807, 2.05) is 12.1 Å². The second-order valence-electron chi connectivity index (χ2n) is 4.79. The summed E-state index contributed by atoms with van der Waals surface area (Å²) in [6.45, 7) is 4.54. The van der Waals surface area contributed by atoms with Crippen molar-refractivity contribution in [3.63, 3.8) is 0 Å². The largest absolute Gasteiger partial charge is 0.493 e. The molecule has 3 heteroatoms. The predicted molar refractivity (Wildman–Crippen MR) is 64.8 cm³/mol. The molecule has 1 aromatic rings. The van der Waals surface area contributed by atoms with Gasteiger partial charge in [0.1, 0.15) is 5.75 Å². The molecule has 0 aromatic heterocycles. The molecule has 2 aliphatic rings. The highest BCUT2D eigenvalue weighted by molar-refractivity contribution is 5.50. The van der Waals surface area contributed by atoms with Crippen LogP contribution in [0.25, 0.3) is 0 Å². The lowest BCUT2D eigenvalue weighted by Crippen LogP contribution is -2.40. The maximum Gasteiger partial charge on any atom is 0.124 e. The van der Waals surface area contributed by atoms with Crippen LogP contribution >= 0.6 is 0 Å². The topological polar surface area (TPSA) is 38.5 Å². The standard InChI is InChI=1S/C13H18N2O/c14-11-2-3-12-10(9-15-5-1-6-15)4-7-16-13(12)8-11/h2-3,8,10H,1,4-7,9,14H2. The number of ether oxygens (including phenoxy) is 1. The number of hydrogen-bond acceptors (Lipinski definition) is 3. The zero-order chi connectivity index (χ0) is 11.0. The third-order valence-corrected chi connectivity index (χ3v) is 3.63. The smallest absolute Gasteiger partial charge is 0.124 e. The van der Waals surface area contributed by atoms with Crippen molar-refractivity contribution in [3.8, 4) is 5.75 Å². The molecular formula is C13H18N2O. The highest BCUT2D eigenvalue weighted by Crippen LogP contribution is 2.35. The average molecular weight is 218 g/mol. The number of anilines is 1. The maximum atomic E-state index is 5.78. The Kier molecular flexibility index (Phi) is 2.48. The van der Waals surface area contributed by atoms with E-state index in [0.29, 0.717) is 5.92 Å². The first-order valence-corrected chi connectivity index (χ1v) is 6.07. The van der Waals surface area contributed by atoms with Crippen LogP contribution in [0.4, 0.5) is 5.69 Å². The summed E-state index contributed by atoms with van der Waals surface area (Å²) >= 11 is 0. The van der Waals surface area contributed by atoms with Gasteiger partial charge in [0.25, 0.3) is 0 Å². The minimum atomic E-state index is 0.629. The molecule has 3 rings (SSSR count). The highest BCUT2D eigenvalue weighted by atomic mass is 16.5. The molecule has 2 N–H and O–H groups in total. The predicted octanol–water partition coefficient (Wildman–Crippen LogP) is 1.84. The molecule has 1 unspecified atom stereocenters. The molecule has 0 amide bonds. The Morgan fingerprint density at radius 1 is 1.38 bits per heavy atom. The summed E-state index contributed by atoms with van der Waals surface area (Å²) in [7, 11) is 0. The Balaban J connectivity index is 1.81. The van der Waals surface area contributed by atoms with E-state index in [4.69, 9.17) is 10.5 Å². The molecule has 2 heterocycles. The van der Waals surface area contributed by atoms with E-state index < -0.39 is 0 Å². The molecule has 1 fully saturated rings. The van der Waals surface area contributed by atoms with Gasteiger partial charge in [-0.2, -0.15) is 0 Å². The first-order chi connectivity index (χ1) is 7.83. The molecule has 1 atom stereocenters. The highest BCUT2D eigenvalue weighted by Gasteiger charge is 2.25. The van der Waals surface area contributed by atoms with Crippen molar-refractivity contribution in [1.29, 1.82) is 0 Å². The number of fused-ring (bicyclic) bond motifs is 1. The van der Waals surface area contributed by atoms with E-state index >= 15 is 0 Å². The molecule has 0 aliphatic carbocycles. The van der Waals surface area contributed by atoms with Crippen molar-refractivity contribution in [3.05, 3.63) is 23.8 Å². The van der Waals surface area contributed by atoms with Gasteiger partial charge in [0, 0.05) is 24.2 Å². The lowest BCUT2D eigenvalue weighted by atomic mass is 9.91. The summed E-state index contributed by atoms with van der Waals surface area (Å²) in [6, 6.07) is 6.07. The molecule has 0 saturated carbocycles. The fourth-order valence-corrected chi connectivity index (χ4v) is 2.55. The van der Waals surface area contributed by atoms with Crippen molar-refractivity contribution >= 4 is 5.69 Å². The molecule has 0 radical (unpaired) electrons. The van der Waals surface area contributed by atoms with E-state index in [2.05, 4.69) is 11.0 Å². The molecule has 0 bridgehead atoms. The van der Waals surface area contributed by atoms with Crippen LogP contribution in [0.1, 0.15) is 24.3 Å². The number of nitrogen functional groups attached to an aromatic ring is 1. The van der Waals surface area contributed by atoms with Crippen molar-refractivity contribution in [2.24, 2.45) is 0 Å². The van der Waals surface area contributed by atoms with Gasteiger partial charge in [-0.05, 0) is 37.6 Å². The molecule has 1 aromatic carbocycles. The lowest BCUT2D eigenvalue weighted by molar-refractivity contribution is 0.152. The van der Waals surface area contributed by atoms with Gasteiger partial charge in [-0.25, -0.2) is 0 Å². The van der Waals surface area contributed by atoms with Gasteiger partial charge in [0.05, 0.1) is 6.61 Å². The van der Waals surface area contributed by atoms with Gasteiger partial charge < -0.3 is 15.4 Å². The van der Waals surface area contributed by atoms with Gasteiger partial charge in [-0.1, -0.05) is 6.07 Å². The first-order valence-electron chi connectivity index (χ1n) is 6.07. The average Bonchev–Trinajstić information content (AvgIpc) is 2.23. The summed E-state index contributed by atoms with van der Waals surface area (Å²) in [5, 5.41) is 0. The minimum Gasteiger partial charge on any atom is -0.493 e. The molecule has 2 aliphatic heterocycles. The zero-order valence-corrected chi connectivity index (χ0v) is 9.48. The van der Waals surface area contributed by atoms with Crippen LogP contribution in [0, 0.1) is 0 Å². The number of rotatable bonds is 2. The number of nitrogens with two attached hydrogens (primary N) is 1. The third-order valence-electron chi connectivity index (χ3n) is 3.63. The van der Waals surface area contributed by atoms with E-state index in [1.165, 1.54) is 31.6 Å². The summed E-state index contributed by atoms with van der Waals surface area (Å²) < 4.78 is 5.67. The second-order valence-corrected chi connectivity index (χ2v) is 4.79. The van der Waals surface area contributed by atoms with Crippen LogP contribution in [0.2, 0.25) is 0 Å². The van der Waals surface area contributed by atoms with Crippen molar-refractivity contribution < 1.29 is 4.74 Å². The molecule has 86 valence electrons.